The first-order valence-corrected chi connectivity index (χ1v) is 11.1. The van der Waals surface area contributed by atoms with Crippen LogP contribution in [0.15, 0.2) is 24.3 Å². The van der Waals surface area contributed by atoms with Gasteiger partial charge >= 0.3 is 0 Å². The van der Waals surface area contributed by atoms with Gasteiger partial charge < -0.3 is 10.3 Å². The predicted molar refractivity (Wildman–Crippen MR) is 125 cm³/mol. The Kier molecular flexibility index (Phi) is 7.37. The van der Waals surface area contributed by atoms with Crippen LogP contribution in [0.5, 0.6) is 0 Å². The van der Waals surface area contributed by atoms with E-state index in [1.165, 1.54) is 24.1 Å². The summed E-state index contributed by atoms with van der Waals surface area (Å²) in [5.41, 5.74) is 12.4. The van der Waals surface area contributed by atoms with E-state index in [1.54, 1.807) is 0 Å². The molecular weight excluding hydrogens is 356 g/mol. The van der Waals surface area contributed by atoms with E-state index in [-0.39, 0.29) is 11.3 Å². The van der Waals surface area contributed by atoms with E-state index in [4.69, 9.17) is 5.73 Å². The highest BCUT2D eigenvalue weighted by molar-refractivity contribution is 6.02. The summed E-state index contributed by atoms with van der Waals surface area (Å²) >= 11 is 0. The Morgan fingerprint density at radius 1 is 1.07 bits per heavy atom. The topological polar surface area (TPSA) is 48.0 Å². The number of nitrogens with two attached hydrogens (primary N) is 1. The normalized spacial score (nSPS) is 13.1. The molecule has 3 heteroatoms. The second-order valence-electron chi connectivity index (χ2n) is 9.79. The van der Waals surface area contributed by atoms with Crippen molar-refractivity contribution in [3.63, 3.8) is 0 Å². The van der Waals surface area contributed by atoms with Gasteiger partial charge in [0.25, 0.3) is 5.91 Å². The van der Waals surface area contributed by atoms with Crippen LogP contribution in [0.1, 0.15) is 101 Å². The molecule has 0 radical (unpaired) electrons. The van der Waals surface area contributed by atoms with Crippen molar-refractivity contribution in [1.29, 1.82) is 0 Å². The van der Waals surface area contributed by atoms with Crippen LogP contribution in [0.25, 0.3) is 11.1 Å². The molecule has 0 aliphatic heterocycles. The molecule has 0 fully saturated rings. The first-order valence-electron chi connectivity index (χ1n) is 11.1. The van der Waals surface area contributed by atoms with E-state index in [1.807, 2.05) is 0 Å². The Morgan fingerprint density at radius 3 is 2.10 bits per heavy atom. The highest BCUT2D eigenvalue weighted by Crippen LogP contribution is 2.38. The molecule has 0 bridgehead atoms. The van der Waals surface area contributed by atoms with E-state index in [9.17, 15) is 4.79 Å². The maximum absolute atomic E-state index is 12.5. The van der Waals surface area contributed by atoms with Crippen LogP contribution in [-0.4, -0.2) is 10.5 Å². The van der Waals surface area contributed by atoms with Gasteiger partial charge in [0.1, 0.15) is 0 Å². The Morgan fingerprint density at radius 2 is 1.66 bits per heavy atom. The molecule has 1 atom stereocenters. The second kappa shape index (κ2) is 9.19. The molecule has 0 saturated carbocycles. The zero-order valence-corrected chi connectivity index (χ0v) is 19.7. The quantitative estimate of drug-likeness (QED) is 0.489. The highest BCUT2D eigenvalue weighted by Gasteiger charge is 2.27. The SMILES string of the molecule is CCCCCc1c(-c2ccc(C(C)(C)C)cc2)c(C(N)=O)c(C)n1C(C)C(C)C. The summed E-state index contributed by atoms with van der Waals surface area (Å²) in [6.07, 6.45) is 4.46. The number of nitrogens with zero attached hydrogens (tertiary/aromatic N) is 1. The molecule has 0 aliphatic rings. The zero-order chi connectivity index (χ0) is 21.9. The predicted octanol–water partition coefficient (Wildman–Crippen LogP) is 6.81. The minimum absolute atomic E-state index is 0.100. The number of unbranched alkanes of at least 4 members (excludes halogenated alkanes) is 2. The molecule has 0 aliphatic carbocycles. The Labute approximate surface area is 177 Å². The van der Waals surface area contributed by atoms with Crippen molar-refractivity contribution >= 4 is 5.91 Å². The lowest BCUT2D eigenvalue weighted by atomic mass is 9.86. The maximum atomic E-state index is 12.5. The van der Waals surface area contributed by atoms with Gasteiger partial charge in [-0.25, -0.2) is 0 Å². The van der Waals surface area contributed by atoms with E-state index in [0.29, 0.717) is 17.5 Å². The van der Waals surface area contributed by atoms with Gasteiger partial charge in [-0.2, -0.15) is 0 Å². The monoisotopic (exact) mass is 396 g/mol. The minimum Gasteiger partial charge on any atom is -0.366 e. The summed E-state index contributed by atoms with van der Waals surface area (Å²) in [6.45, 7) is 17.7. The van der Waals surface area contributed by atoms with Gasteiger partial charge in [0, 0.05) is 23.0 Å². The van der Waals surface area contributed by atoms with Crippen molar-refractivity contribution in [2.24, 2.45) is 11.7 Å². The number of primary amides is 1. The van der Waals surface area contributed by atoms with Gasteiger partial charge in [0.05, 0.1) is 5.56 Å². The third-order valence-electron chi connectivity index (χ3n) is 6.23. The minimum atomic E-state index is -0.330. The smallest absolute Gasteiger partial charge is 0.251 e. The lowest BCUT2D eigenvalue weighted by Gasteiger charge is -2.24. The van der Waals surface area contributed by atoms with E-state index >= 15 is 0 Å². The molecule has 2 rings (SSSR count). The number of rotatable bonds is 8. The van der Waals surface area contributed by atoms with Crippen LogP contribution in [0, 0.1) is 12.8 Å². The first kappa shape index (κ1) is 23.3. The number of carbonyl (C=O) groups is 1. The molecule has 1 aromatic heterocycles. The van der Waals surface area contributed by atoms with E-state index in [0.717, 1.165) is 29.7 Å². The third-order valence-corrected chi connectivity index (χ3v) is 6.23. The Hall–Kier alpha value is -2.03. The van der Waals surface area contributed by atoms with Crippen LogP contribution >= 0.6 is 0 Å². The van der Waals surface area contributed by atoms with Crippen molar-refractivity contribution in [2.75, 3.05) is 0 Å². The fourth-order valence-electron chi connectivity index (χ4n) is 4.16. The summed E-state index contributed by atoms with van der Waals surface area (Å²) in [7, 11) is 0. The second-order valence-corrected chi connectivity index (χ2v) is 9.79. The first-order chi connectivity index (χ1) is 13.5. The molecule has 2 aromatic rings. The number of carbonyl (C=O) groups excluding carboxylic acids is 1. The number of hydrogen-bond acceptors (Lipinski definition) is 1. The fourth-order valence-corrected chi connectivity index (χ4v) is 4.16. The molecule has 0 saturated heterocycles. The summed E-state index contributed by atoms with van der Waals surface area (Å²) < 4.78 is 2.38. The lowest BCUT2D eigenvalue weighted by Crippen LogP contribution is -2.17. The standard InChI is InChI=1S/C26H40N2O/c1-9-10-11-12-22-24(20-13-15-21(16-14-20)26(6,7)8)23(25(27)29)19(5)28(22)18(4)17(2)3/h13-18H,9-12H2,1-8H3,(H2,27,29). The number of benzene rings is 1. The summed E-state index contributed by atoms with van der Waals surface area (Å²) in [5, 5.41) is 0. The maximum Gasteiger partial charge on any atom is 0.251 e. The average Bonchev–Trinajstić information content (AvgIpc) is 2.93. The third kappa shape index (κ3) is 4.94. The van der Waals surface area contributed by atoms with Crippen LogP contribution in [-0.2, 0) is 11.8 Å². The molecule has 1 amide bonds. The van der Waals surface area contributed by atoms with Crippen molar-refractivity contribution in [1.82, 2.24) is 4.57 Å². The van der Waals surface area contributed by atoms with E-state index in [2.05, 4.69) is 84.2 Å². The number of aromatic nitrogens is 1. The lowest BCUT2D eigenvalue weighted by molar-refractivity contribution is 0.1000. The Bertz CT molecular complexity index is 835. The van der Waals surface area contributed by atoms with Crippen molar-refractivity contribution in [3.8, 4) is 11.1 Å². The molecule has 1 unspecified atom stereocenters. The zero-order valence-electron chi connectivity index (χ0n) is 19.7. The largest absolute Gasteiger partial charge is 0.366 e. The van der Waals surface area contributed by atoms with Crippen molar-refractivity contribution in [3.05, 3.63) is 46.8 Å². The van der Waals surface area contributed by atoms with Crippen LogP contribution < -0.4 is 5.73 Å². The van der Waals surface area contributed by atoms with Gasteiger partial charge in [-0.1, -0.05) is 78.6 Å². The van der Waals surface area contributed by atoms with Crippen molar-refractivity contribution in [2.45, 2.75) is 92.5 Å². The van der Waals surface area contributed by atoms with Gasteiger partial charge in [0.15, 0.2) is 0 Å². The van der Waals surface area contributed by atoms with Gasteiger partial charge in [-0.15, -0.1) is 0 Å². The van der Waals surface area contributed by atoms with Gasteiger partial charge in [0.2, 0.25) is 0 Å². The molecule has 1 heterocycles. The highest BCUT2D eigenvalue weighted by atomic mass is 16.1. The fraction of sp³-hybridized carbons (Fsp3) is 0.577. The molecule has 29 heavy (non-hydrogen) atoms. The van der Waals surface area contributed by atoms with Gasteiger partial charge in [-0.05, 0) is 49.1 Å². The van der Waals surface area contributed by atoms with Crippen LogP contribution in [0.2, 0.25) is 0 Å². The van der Waals surface area contributed by atoms with Crippen LogP contribution in [0.4, 0.5) is 0 Å². The molecule has 3 nitrogen and oxygen atoms in total. The van der Waals surface area contributed by atoms with E-state index < -0.39 is 0 Å². The molecule has 2 N–H and O–H groups in total. The molecule has 0 spiro atoms. The van der Waals surface area contributed by atoms with Crippen molar-refractivity contribution < 1.29 is 4.79 Å². The Balaban J connectivity index is 2.73. The summed E-state index contributed by atoms with van der Waals surface area (Å²) in [6, 6.07) is 9.01. The summed E-state index contributed by atoms with van der Waals surface area (Å²) in [5.74, 6) is 0.145. The molecular formula is C26H40N2O. The average molecular weight is 397 g/mol. The molecule has 1 aromatic carbocycles. The van der Waals surface area contributed by atoms with Crippen LogP contribution in [0.3, 0.4) is 0 Å². The number of amides is 1. The number of hydrogen-bond donors (Lipinski definition) is 1. The van der Waals surface area contributed by atoms with Gasteiger partial charge in [-0.3, -0.25) is 4.79 Å². The summed E-state index contributed by atoms with van der Waals surface area (Å²) in [4.78, 5) is 12.5. The molecule has 160 valence electrons.